The maximum Gasteiger partial charge on any atom is 0.131 e. The molecule has 6 nitrogen and oxygen atoms in total. The number of anilines is 2. The lowest BCUT2D eigenvalue weighted by Crippen LogP contribution is -2.31. The van der Waals surface area contributed by atoms with Crippen molar-refractivity contribution in [3.05, 3.63) is 48.0 Å². The van der Waals surface area contributed by atoms with Gasteiger partial charge in [0.15, 0.2) is 0 Å². The van der Waals surface area contributed by atoms with Gasteiger partial charge < -0.3 is 15.8 Å². The van der Waals surface area contributed by atoms with Crippen LogP contribution in [0.15, 0.2) is 36.5 Å². The molecule has 0 aliphatic heterocycles. The van der Waals surface area contributed by atoms with E-state index in [0.29, 0.717) is 6.04 Å². The fourth-order valence-corrected chi connectivity index (χ4v) is 3.77. The van der Waals surface area contributed by atoms with E-state index in [4.69, 9.17) is 10.5 Å². The van der Waals surface area contributed by atoms with Crippen LogP contribution >= 0.6 is 0 Å². The first kappa shape index (κ1) is 17.5. The van der Waals surface area contributed by atoms with Crippen molar-refractivity contribution < 1.29 is 4.74 Å². The highest BCUT2D eigenvalue weighted by Gasteiger charge is 2.23. The number of aromatic nitrogens is 3. The van der Waals surface area contributed by atoms with Gasteiger partial charge in [-0.05, 0) is 63.8 Å². The minimum absolute atomic E-state index is 0.196. The second-order valence-corrected chi connectivity index (χ2v) is 7.23. The molecule has 6 heteroatoms. The molecule has 0 unspecified atom stereocenters. The Morgan fingerprint density at radius 1 is 1.07 bits per heavy atom. The molecule has 0 saturated heterocycles. The van der Waals surface area contributed by atoms with Gasteiger partial charge in [-0.15, -0.1) is 0 Å². The van der Waals surface area contributed by atoms with Gasteiger partial charge in [-0.3, -0.25) is 4.98 Å². The number of rotatable bonds is 4. The van der Waals surface area contributed by atoms with Gasteiger partial charge >= 0.3 is 0 Å². The number of nitrogens with one attached hydrogen (secondary N) is 1. The summed E-state index contributed by atoms with van der Waals surface area (Å²) < 4.78 is 6.33. The first-order valence-corrected chi connectivity index (χ1v) is 9.47. The lowest BCUT2D eigenvalue weighted by molar-refractivity contribution is 0.152. The minimum atomic E-state index is 0.196. The molecule has 3 aromatic rings. The number of aryl methyl sites for hydroxylation is 2. The monoisotopic (exact) mass is 363 g/mol. The first-order valence-electron chi connectivity index (χ1n) is 9.47. The Morgan fingerprint density at radius 2 is 1.89 bits per heavy atom. The van der Waals surface area contributed by atoms with Crippen LogP contribution in [-0.4, -0.2) is 27.1 Å². The molecule has 1 aromatic carbocycles. The van der Waals surface area contributed by atoms with Crippen molar-refractivity contribution in [1.29, 1.82) is 0 Å². The van der Waals surface area contributed by atoms with Gasteiger partial charge in [0.05, 0.1) is 17.0 Å². The van der Waals surface area contributed by atoms with Gasteiger partial charge in [-0.2, -0.15) is 0 Å². The molecule has 0 atom stereocenters. The SMILES string of the molecule is Cc1cc(N)c2c(OC3CCC(Nc4ccnc(C)n4)CC3)cccc2n1. The Balaban J connectivity index is 1.42. The summed E-state index contributed by atoms with van der Waals surface area (Å²) in [6.07, 6.45) is 6.08. The summed E-state index contributed by atoms with van der Waals surface area (Å²) in [7, 11) is 0. The largest absolute Gasteiger partial charge is 0.490 e. The Labute approximate surface area is 159 Å². The molecule has 2 heterocycles. The van der Waals surface area contributed by atoms with Crippen molar-refractivity contribution in [2.24, 2.45) is 0 Å². The van der Waals surface area contributed by atoms with Crippen LogP contribution in [-0.2, 0) is 0 Å². The Hall–Kier alpha value is -2.89. The third-order valence-electron chi connectivity index (χ3n) is 5.05. The summed E-state index contributed by atoms with van der Waals surface area (Å²) in [5.41, 5.74) is 8.77. The first-order chi connectivity index (χ1) is 13.1. The number of fused-ring (bicyclic) bond motifs is 1. The van der Waals surface area contributed by atoms with E-state index in [1.165, 1.54) is 0 Å². The Kier molecular flexibility index (Phi) is 4.79. The molecule has 1 aliphatic rings. The smallest absolute Gasteiger partial charge is 0.131 e. The number of nitrogens with two attached hydrogens (primary N) is 1. The zero-order valence-electron chi connectivity index (χ0n) is 15.8. The zero-order chi connectivity index (χ0) is 18.8. The van der Waals surface area contributed by atoms with Crippen LogP contribution in [0.25, 0.3) is 10.9 Å². The van der Waals surface area contributed by atoms with E-state index in [2.05, 4.69) is 20.3 Å². The van der Waals surface area contributed by atoms with Crippen LogP contribution in [0, 0.1) is 13.8 Å². The standard InChI is InChI=1S/C21H25N5O/c1-13-12-17(22)21-18(24-13)4-3-5-19(21)27-16-8-6-15(7-9-16)26-20-10-11-23-14(2)25-20/h3-5,10-12,15-16H,6-9H2,1-2H3,(H2,22,24)(H,23,25,26). The summed E-state index contributed by atoms with van der Waals surface area (Å²) in [4.78, 5) is 13.1. The second kappa shape index (κ2) is 7.39. The van der Waals surface area contributed by atoms with E-state index in [0.717, 1.165) is 65.4 Å². The molecule has 0 spiro atoms. The Morgan fingerprint density at radius 3 is 2.67 bits per heavy atom. The van der Waals surface area contributed by atoms with Crippen LogP contribution in [0.2, 0.25) is 0 Å². The molecule has 1 saturated carbocycles. The van der Waals surface area contributed by atoms with Crippen LogP contribution < -0.4 is 15.8 Å². The summed E-state index contributed by atoms with van der Waals surface area (Å²) in [6.45, 7) is 3.86. The minimum Gasteiger partial charge on any atom is -0.490 e. The fraction of sp³-hybridized carbons (Fsp3) is 0.381. The van der Waals surface area contributed by atoms with Crippen molar-refractivity contribution in [3.8, 4) is 5.75 Å². The van der Waals surface area contributed by atoms with Crippen LogP contribution in [0.5, 0.6) is 5.75 Å². The molecule has 0 amide bonds. The van der Waals surface area contributed by atoms with Crippen molar-refractivity contribution in [1.82, 2.24) is 15.0 Å². The van der Waals surface area contributed by atoms with E-state index >= 15 is 0 Å². The summed E-state index contributed by atoms with van der Waals surface area (Å²) in [5, 5.41) is 4.43. The van der Waals surface area contributed by atoms with Gasteiger partial charge in [0.1, 0.15) is 17.4 Å². The number of hydrogen-bond donors (Lipinski definition) is 2. The van der Waals surface area contributed by atoms with Crippen molar-refractivity contribution >= 4 is 22.4 Å². The highest BCUT2D eigenvalue weighted by atomic mass is 16.5. The molecule has 27 heavy (non-hydrogen) atoms. The molecule has 4 rings (SSSR count). The number of nitrogens with zero attached hydrogens (tertiary/aromatic N) is 3. The lowest BCUT2D eigenvalue weighted by Gasteiger charge is -2.30. The number of hydrogen-bond acceptors (Lipinski definition) is 6. The third kappa shape index (κ3) is 3.94. The maximum absolute atomic E-state index is 6.33. The van der Waals surface area contributed by atoms with E-state index in [-0.39, 0.29) is 6.10 Å². The highest BCUT2D eigenvalue weighted by molar-refractivity contribution is 5.95. The van der Waals surface area contributed by atoms with Gasteiger partial charge in [-0.1, -0.05) is 6.07 Å². The maximum atomic E-state index is 6.33. The van der Waals surface area contributed by atoms with E-state index in [1.807, 2.05) is 44.2 Å². The van der Waals surface area contributed by atoms with Gasteiger partial charge in [-0.25, -0.2) is 9.97 Å². The molecule has 1 fully saturated rings. The van der Waals surface area contributed by atoms with Crippen molar-refractivity contribution in [2.75, 3.05) is 11.1 Å². The zero-order valence-corrected chi connectivity index (χ0v) is 15.8. The summed E-state index contributed by atoms with van der Waals surface area (Å²) in [6, 6.07) is 10.2. The van der Waals surface area contributed by atoms with Crippen LogP contribution in [0.1, 0.15) is 37.2 Å². The average Bonchev–Trinajstić information content (AvgIpc) is 2.63. The Bertz CT molecular complexity index is 950. The second-order valence-electron chi connectivity index (χ2n) is 7.23. The number of nitrogen functional groups attached to an aromatic ring is 1. The molecule has 0 radical (unpaired) electrons. The molecule has 3 N–H and O–H groups in total. The molecular formula is C21H25N5O. The topological polar surface area (TPSA) is 86.0 Å². The predicted molar refractivity (Wildman–Crippen MR) is 108 cm³/mol. The number of benzene rings is 1. The summed E-state index contributed by atoms with van der Waals surface area (Å²) >= 11 is 0. The molecule has 0 bridgehead atoms. The van der Waals surface area contributed by atoms with Gasteiger partial charge in [0, 0.05) is 23.6 Å². The quantitative estimate of drug-likeness (QED) is 0.728. The van der Waals surface area contributed by atoms with E-state index in [1.54, 1.807) is 6.20 Å². The molecule has 140 valence electrons. The van der Waals surface area contributed by atoms with E-state index < -0.39 is 0 Å². The van der Waals surface area contributed by atoms with Crippen LogP contribution in [0.4, 0.5) is 11.5 Å². The fourth-order valence-electron chi connectivity index (χ4n) is 3.77. The molecule has 2 aromatic heterocycles. The summed E-state index contributed by atoms with van der Waals surface area (Å²) in [5.74, 6) is 2.52. The predicted octanol–water partition coefficient (Wildman–Crippen LogP) is 4.03. The average molecular weight is 363 g/mol. The normalized spacial score (nSPS) is 19.8. The number of pyridine rings is 1. The van der Waals surface area contributed by atoms with Crippen LogP contribution in [0.3, 0.4) is 0 Å². The third-order valence-corrected chi connectivity index (χ3v) is 5.05. The van der Waals surface area contributed by atoms with Crippen molar-refractivity contribution in [3.63, 3.8) is 0 Å². The molecular weight excluding hydrogens is 338 g/mol. The number of ether oxygens (including phenoxy) is 1. The highest BCUT2D eigenvalue weighted by Crippen LogP contribution is 2.33. The van der Waals surface area contributed by atoms with E-state index in [9.17, 15) is 0 Å². The molecule has 1 aliphatic carbocycles. The van der Waals surface area contributed by atoms with Crippen molar-refractivity contribution in [2.45, 2.75) is 51.7 Å². The van der Waals surface area contributed by atoms with Gasteiger partial charge in [0.25, 0.3) is 0 Å². The lowest BCUT2D eigenvalue weighted by atomic mass is 9.93. The van der Waals surface area contributed by atoms with Gasteiger partial charge in [0.2, 0.25) is 0 Å².